The molecule has 0 aromatic heterocycles. The fraction of sp³-hybridized carbons (Fsp3) is 1.00. The van der Waals surface area contributed by atoms with E-state index in [9.17, 15) is 0 Å². The second-order valence-corrected chi connectivity index (χ2v) is 5.39. The van der Waals surface area contributed by atoms with Gasteiger partial charge in [0.2, 0.25) is 0 Å². The number of rotatable bonds is 5. The second kappa shape index (κ2) is 5.28. The molecule has 1 fully saturated rings. The van der Waals surface area contributed by atoms with Crippen LogP contribution in [0.25, 0.3) is 0 Å². The van der Waals surface area contributed by atoms with Crippen LogP contribution in [0.15, 0.2) is 0 Å². The van der Waals surface area contributed by atoms with Crippen LogP contribution in [0.1, 0.15) is 41.0 Å². The quantitative estimate of drug-likeness (QED) is 0.762. The summed E-state index contributed by atoms with van der Waals surface area (Å²) in [7, 11) is 0. The molecule has 0 bridgehead atoms. The van der Waals surface area contributed by atoms with Gasteiger partial charge in [-0.3, -0.25) is 0 Å². The molecule has 0 saturated carbocycles. The van der Waals surface area contributed by atoms with Gasteiger partial charge in [-0.15, -0.1) is 0 Å². The molecule has 2 atom stereocenters. The molecule has 1 aliphatic rings. The average Bonchev–Trinajstić information content (AvgIpc) is 2.41. The Labute approximate surface area is 93.5 Å². The zero-order chi connectivity index (χ0) is 11.5. The van der Waals surface area contributed by atoms with E-state index in [1.165, 1.54) is 6.42 Å². The molecule has 1 N–H and O–H groups in total. The Bertz CT molecular complexity index is 192. The van der Waals surface area contributed by atoms with Crippen molar-refractivity contribution < 1.29 is 9.47 Å². The predicted molar refractivity (Wildman–Crippen MR) is 61.8 cm³/mol. The molecule has 3 nitrogen and oxygen atoms in total. The minimum Gasteiger partial charge on any atom is -0.348 e. The lowest BCUT2D eigenvalue weighted by Gasteiger charge is -2.20. The van der Waals surface area contributed by atoms with Crippen LogP contribution in [0.4, 0.5) is 0 Å². The first kappa shape index (κ1) is 12.9. The van der Waals surface area contributed by atoms with E-state index >= 15 is 0 Å². The van der Waals surface area contributed by atoms with Crippen LogP contribution in [-0.4, -0.2) is 31.1 Å². The Hall–Kier alpha value is -0.120. The highest BCUT2D eigenvalue weighted by Gasteiger charge is 2.32. The van der Waals surface area contributed by atoms with Gasteiger partial charge in [0, 0.05) is 12.6 Å². The largest absolute Gasteiger partial charge is 0.348 e. The van der Waals surface area contributed by atoms with E-state index in [-0.39, 0.29) is 6.10 Å². The number of nitrogens with one attached hydrogen (secondary N) is 1. The van der Waals surface area contributed by atoms with Gasteiger partial charge in [-0.1, -0.05) is 13.8 Å². The summed E-state index contributed by atoms with van der Waals surface area (Å²) in [5.74, 6) is 0.345. The van der Waals surface area contributed by atoms with E-state index in [1.807, 2.05) is 13.8 Å². The van der Waals surface area contributed by atoms with Gasteiger partial charge < -0.3 is 14.8 Å². The predicted octanol–water partition coefficient (Wildman–Crippen LogP) is 2.16. The Morgan fingerprint density at radius 3 is 2.47 bits per heavy atom. The van der Waals surface area contributed by atoms with E-state index < -0.39 is 5.79 Å². The first-order chi connectivity index (χ1) is 6.89. The van der Waals surface area contributed by atoms with Crippen molar-refractivity contribution in [3.05, 3.63) is 0 Å². The monoisotopic (exact) mass is 215 g/mol. The molecular formula is C12H25NO2. The highest BCUT2D eigenvalue weighted by Crippen LogP contribution is 2.21. The molecule has 90 valence electrons. The van der Waals surface area contributed by atoms with Crippen LogP contribution < -0.4 is 5.32 Å². The van der Waals surface area contributed by atoms with E-state index in [4.69, 9.17) is 9.47 Å². The molecule has 0 spiro atoms. The topological polar surface area (TPSA) is 30.5 Å². The fourth-order valence-corrected chi connectivity index (χ4v) is 1.99. The number of hydrogen-bond donors (Lipinski definition) is 1. The molecule has 1 rings (SSSR count). The molecule has 0 amide bonds. The average molecular weight is 215 g/mol. The van der Waals surface area contributed by atoms with Gasteiger partial charge in [0.05, 0.1) is 12.7 Å². The third-order valence-electron chi connectivity index (χ3n) is 2.59. The van der Waals surface area contributed by atoms with Gasteiger partial charge in [-0.2, -0.15) is 0 Å². The van der Waals surface area contributed by atoms with Gasteiger partial charge in [0.25, 0.3) is 0 Å². The Morgan fingerprint density at radius 1 is 1.33 bits per heavy atom. The van der Waals surface area contributed by atoms with Crippen LogP contribution in [-0.2, 0) is 9.47 Å². The van der Waals surface area contributed by atoms with Crippen molar-refractivity contribution in [3.8, 4) is 0 Å². The van der Waals surface area contributed by atoms with Crippen LogP contribution in [0, 0.1) is 5.92 Å². The zero-order valence-corrected chi connectivity index (χ0v) is 10.7. The molecule has 0 radical (unpaired) electrons. The van der Waals surface area contributed by atoms with Crippen LogP contribution in [0.2, 0.25) is 0 Å². The maximum Gasteiger partial charge on any atom is 0.163 e. The SMILES string of the molecule is CC(C)CC(C)NCC1COC(C)(C)O1. The minimum absolute atomic E-state index is 0.203. The molecule has 1 saturated heterocycles. The van der Waals surface area contributed by atoms with Crippen LogP contribution in [0.3, 0.4) is 0 Å². The van der Waals surface area contributed by atoms with Gasteiger partial charge >= 0.3 is 0 Å². The second-order valence-electron chi connectivity index (χ2n) is 5.39. The lowest BCUT2D eigenvalue weighted by molar-refractivity contribution is -0.137. The van der Waals surface area contributed by atoms with E-state index in [1.54, 1.807) is 0 Å². The van der Waals surface area contributed by atoms with Gasteiger partial charge in [0.15, 0.2) is 5.79 Å². The maximum atomic E-state index is 5.72. The molecule has 15 heavy (non-hydrogen) atoms. The Kier molecular flexibility index (Phi) is 4.56. The van der Waals surface area contributed by atoms with Crippen LogP contribution >= 0.6 is 0 Å². The number of hydrogen-bond acceptors (Lipinski definition) is 3. The Morgan fingerprint density at radius 2 is 2.00 bits per heavy atom. The number of ether oxygens (including phenoxy) is 2. The summed E-state index contributed by atoms with van der Waals surface area (Å²) in [6.45, 7) is 12.2. The van der Waals surface area contributed by atoms with E-state index in [0.29, 0.717) is 12.6 Å². The van der Waals surface area contributed by atoms with Crippen molar-refractivity contribution in [3.63, 3.8) is 0 Å². The van der Waals surface area contributed by atoms with Crippen molar-refractivity contribution in [2.75, 3.05) is 13.2 Å². The maximum absolute atomic E-state index is 5.72. The van der Waals surface area contributed by atoms with Gasteiger partial charge in [-0.05, 0) is 33.1 Å². The van der Waals surface area contributed by atoms with Gasteiger partial charge in [0.1, 0.15) is 0 Å². The summed E-state index contributed by atoms with van der Waals surface area (Å²) in [4.78, 5) is 0. The van der Waals surface area contributed by atoms with Crippen molar-refractivity contribution in [2.45, 2.75) is 59.0 Å². The summed E-state index contributed by atoms with van der Waals surface area (Å²) in [5.41, 5.74) is 0. The highest BCUT2D eigenvalue weighted by molar-refractivity contribution is 4.74. The molecular weight excluding hydrogens is 190 g/mol. The molecule has 0 aromatic rings. The molecule has 1 heterocycles. The summed E-state index contributed by atoms with van der Waals surface area (Å²) in [6.07, 6.45) is 1.41. The summed E-state index contributed by atoms with van der Waals surface area (Å²) >= 11 is 0. The summed E-state index contributed by atoms with van der Waals surface area (Å²) in [6, 6.07) is 0.553. The smallest absolute Gasteiger partial charge is 0.163 e. The third kappa shape index (κ3) is 4.96. The zero-order valence-electron chi connectivity index (χ0n) is 10.7. The first-order valence-corrected chi connectivity index (χ1v) is 5.94. The van der Waals surface area contributed by atoms with E-state index in [0.717, 1.165) is 12.5 Å². The molecule has 2 unspecified atom stereocenters. The summed E-state index contributed by atoms with van der Waals surface area (Å²) < 4.78 is 11.2. The molecule has 0 aromatic carbocycles. The molecule has 1 aliphatic heterocycles. The fourth-order valence-electron chi connectivity index (χ4n) is 1.99. The summed E-state index contributed by atoms with van der Waals surface area (Å²) in [5, 5.41) is 3.49. The molecule has 3 heteroatoms. The van der Waals surface area contributed by atoms with Crippen molar-refractivity contribution >= 4 is 0 Å². The lowest BCUT2D eigenvalue weighted by Crippen LogP contribution is -2.36. The van der Waals surface area contributed by atoms with Crippen molar-refractivity contribution in [1.29, 1.82) is 0 Å². The highest BCUT2D eigenvalue weighted by atomic mass is 16.7. The van der Waals surface area contributed by atoms with Gasteiger partial charge in [-0.25, -0.2) is 0 Å². The Balaban J connectivity index is 2.15. The van der Waals surface area contributed by atoms with E-state index in [2.05, 4.69) is 26.1 Å². The standard InChI is InChI=1S/C12H25NO2/c1-9(2)6-10(3)13-7-11-8-14-12(4,5)15-11/h9-11,13H,6-8H2,1-5H3. The van der Waals surface area contributed by atoms with Crippen LogP contribution in [0.5, 0.6) is 0 Å². The van der Waals surface area contributed by atoms with Crippen molar-refractivity contribution in [2.24, 2.45) is 5.92 Å². The first-order valence-electron chi connectivity index (χ1n) is 5.94. The normalized spacial score (nSPS) is 27.2. The lowest BCUT2D eigenvalue weighted by atomic mass is 10.1. The minimum atomic E-state index is -0.395. The third-order valence-corrected chi connectivity index (χ3v) is 2.59. The molecule has 0 aliphatic carbocycles. The van der Waals surface area contributed by atoms with Crippen molar-refractivity contribution in [1.82, 2.24) is 5.32 Å².